The number of rotatable bonds is 8. The number of hydrogen-bond acceptors (Lipinski definition) is 4. The quantitative estimate of drug-likeness (QED) is 0.574. The van der Waals surface area contributed by atoms with Crippen molar-refractivity contribution in [2.75, 3.05) is 0 Å². The summed E-state index contributed by atoms with van der Waals surface area (Å²) in [5, 5.41) is 4.61. The molecule has 2 heterocycles. The Hall–Kier alpha value is -1.59. The number of nitrogens with one attached hydrogen (secondary N) is 1. The first-order valence-electron chi connectivity index (χ1n) is 7.25. The molecule has 20 heavy (non-hydrogen) atoms. The van der Waals surface area contributed by atoms with Gasteiger partial charge in [-0.15, -0.1) is 0 Å². The van der Waals surface area contributed by atoms with Gasteiger partial charge in [-0.1, -0.05) is 6.92 Å². The molecule has 0 spiro atoms. The molecule has 2 rings (SSSR count). The molecule has 2 atom stereocenters. The van der Waals surface area contributed by atoms with Crippen molar-refractivity contribution in [3.8, 4) is 0 Å². The summed E-state index contributed by atoms with van der Waals surface area (Å²) in [7, 11) is 0. The average molecular weight is 276 g/mol. The number of hydrogen-bond donors (Lipinski definition) is 2. The predicted octanol–water partition coefficient (Wildman–Crippen LogP) is 2.45. The highest BCUT2D eigenvalue weighted by Gasteiger charge is 2.12. The molecule has 0 amide bonds. The van der Waals surface area contributed by atoms with E-state index in [0.717, 1.165) is 37.1 Å². The van der Waals surface area contributed by atoms with Gasteiger partial charge in [-0.25, -0.2) is 0 Å². The third kappa shape index (κ3) is 3.95. The van der Waals surface area contributed by atoms with Crippen LogP contribution in [0.15, 0.2) is 35.1 Å². The van der Waals surface area contributed by atoms with Crippen molar-refractivity contribution < 1.29 is 4.42 Å². The fourth-order valence-electron chi connectivity index (χ4n) is 2.19. The third-order valence-electron chi connectivity index (χ3n) is 3.72. The zero-order valence-electron chi connectivity index (χ0n) is 12.2. The number of nitrogens with zero attached hydrogens (tertiary/aromatic N) is 2. The molecule has 0 fully saturated rings. The maximum absolute atomic E-state index is 5.64. The summed E-state index contributed by atoms with van der Waals surface area (Å²) < 4.78 is 7.36. The summed E-state index contributed by atoms with van der Waals surface area (Å²) in [6.45, 7) is 4.34. The standard InChI is InChI=1S/C15H24N4O/c1-3-12(2)19-9-8-14(18-19)11-13(17-16)6-7-15-5-4-10-20-15/h4-5,8-10,12-13,17H,3,6-7,11,16H2,1-2H3. The van der Waals surface area contributed by atoms with Crippen molar-refractivity contribution in [1.82, 2.24) is 15.2 Å². The topological polar surface area (TPSA) is 69.0 Å². The van der Waals surface area contributed by atoms with Gasteiger partial charge in [0.15, 0.2) is 0 Å². The normalized spacial score (nSPS) is 14.3. The van der Waals surface area contributed by atoms with Crippen molar-refractivity contribution in [3.05, 3.63) is 42.1 Å². The van der Waals surface area contributed by atoms with Crippen LogP contribution < -0.4 is 11.3 Å². The summed E-state index contributed by atoms with van der Waals surface area (Å²) >= 11 is 0. The number of nitrogens with two attached hydrogens (primary N) is 1. The van der Waals surface area contributed by atoms with Gasteiger partial charge in [0, 0.05) is 31.1 Å². The molecule has 0 aliphatic heterocycles. The second-order valence-corrected chi connectivity index (χ2v) is 5.23. The van der Waals surface area contributed by atoms with Crippen LogP contribution in [-0.4, -0.2) is 15.8 Å². The smallest absolute Gasteiger partial charge is 0.103 e. The fraction of sp³-hybridized carbons (Fsp3) is 0.533. The van der Waals surface area contributed by atoms with Gasteiger partial charge in [0.05, 0.1) is 12.0 Å². The van der Waals surface area contributed by atoms with Crippen molar-refractivity contribution in [3.63, 3.8) is 0 Å². The minimum Gasteiger partial charge on any atom is -0.469 e. The molecule has 3 N–H and O–H groups in total. The van der Waals surface area contributed by atoms with Crippen molar-refractivity contribution in [2.24, 2.45) is 5.84 Å². The SMILES string of the molecule is CCC(C)n1ccc(CC(CCc2ccco2)NN)n1. The van der Waals surface area contributed by atoms with Crippen LogP contribution in [0.1, 0.15) is 44.2 Å². The molecule has 2 aromatic heterocycles. The molecule has 110 valence electrons. The van der Waals surface area contributed by atoms with E-state index in [1.807, 2.05) is 23.0 Å². The molecular formula is C15H24N4O. The lowest BCUT2D eigenvalue weighted by Gasteiger charge is -2.14. The van der Waals surface area contributed by atoms with Crippen LogP contribution in [0.5, 0.6) is 0 Å². The molecule has 5 heteroatoms. The van der Waals surface area contributed by atoms with E-state index in [4.69, 9.17) is 10.3 Å². The van der Waals surface area contributed by atoms with Crippen LogP contribution in [0.25, 0.3) is 0 Å². The molecule has 2 aromatic rings. The van der Waals surface area contributed by atoms with Crippen LogP contribution >= 0.6 is 0 Å². The van der Waals surface area contributed by atoms with Crippen LogP contribution in [0.2, 0.25) is 0 Å². The first-order chi connectivity index (χ1) is 9.72. The van der Waals surface area contributed by atoms with Crippen molar-refractivity contribution >= 4 is 0 Å². The zero-order valence-corrected chi connectivity index (χ0v) is 12.2. The van der Waals surface area contributed by atoms with Crippen LogP contribution in [0, 0.1) is 0 Å². The predicted molar refractivity (Wildman–Crippen MR) is 79.1 cm³/mol. The number of hydrazine groups is 1. The summed E-state index contributed by atoms with van der Waals surface area (Å²) in [5.41, 5.74) is 3.95. The summed E-state index contributed by atoms with van der Waals surface area (Å²) in [6.07, 6.45) is 7.48. The van der Waals surface area contributed by atoms with Crippen LogP contribution in [0.4, 0.5) is 0 Å². The summed E-state index contributed by atoms with van der Waals surface area (Å²) in [4.78, 5) is 0. The largest absolute Gasteiger partial charge is 0.469 e. The molecule has 2 unspecified atom stereocenters. The number of furan rings is 1. The van der Waals surface area contributed by atoms with Gasteiger partial charge in [0.1, 0.15) is 5.76 Å². The van der Waals surface area contributed by atoms with E-state index in [9.17, 15) is 0 Å². The Bertz CT molecular complexity index is 492. The van der Waals surface area contributed by atoms with Crippen molar-refractivity contribution in [1.29, 1.82) is 0 Å². The lowest BCUT2D eigenvalue weighted by atomic mass is 10.1. The second kappa shape index (κ2) is 7.26. The van der Waals surface area contributed by atoms with E-state index in [0.29, 0.717) is 6.04 Å². The van der Waals surface area contributed by atoms with E-state index in [1.165, 1.54) is 0 Å². The van der Waals surface area contributed by atoms with E-state index in [-0.39, 0.29) is 6.04 Å². The lowest BCUT2D eigenvalue weighted by Crippen LogP contribution is -2.37. The van der Waals surface area contributed by atoms with Gasteiger partial charge in [0.2, 0.25) is 0 Å². The Morgan fingerprint density at radius 2 is 2.30 bits per heavy atom. The molecule has 0 aliphatic rings. The highest BCUT2D eigenvalue weighted by atomic mass is 16.3. The molecule has 0 bridgehead atoms. The average Bonchev–Trinajstić information content (AvgIpc) is 3.13. The van der Waals surface area contributed by atoms with Crippen LogP contribution in [0.3, 0.4) is 0 Å². The van der Waals surface area contributed by atoms with E-state index < -0.39 is 0 Å². The Morgan fingerprint density at radius 3 is 2.95 bits per heavy atom. The fourth-order valence-corrected chi connectivity index (χ4v) is 2.19. The Morgan fingerprint density at radius 1 is 1.45 bits per heavy atom. The first kappa shape index (κ1) is 14.8. The monoisotopic (exact) mass is 276 g/mol. The molecule has 5 nitrogen and oxygen atoms in total. The summed E-state index contributed by atoms with van der Waals surface area (Å²) in [5.74, 6) is 6.63. The minimum atomic E-state index is 0.209. The van der Waals surface area contributed by atoms with Crippen LogP contribution in [-0.2, 0) is 12.8 Å². The van der Waals surface area contributed by atoms with Crippen molar-refractivity contribution in [2.45, 2.75) is 51.6 Å². The van der Waals surface area contributed by atoms with Gasteiger partial charge in [-0.2, -0.15) is 5.10 Å². The maximum atomic E-state index is 5.64. The molecule has 0 aliphatic carbocycles. The minimum absolute atomic E-state index is 0.209. The molecule has 0 saturated carbocycles. The van der Waals surface area contributed by atoms with E-state index in [1.54, 1.807) is 6.26 Å². The lowest BCUT2D eigenvalue weighted by molar-refractivity contribution is 0.437. The number of aromatic nitrogens is 2. The Labute approximate surface area is 120 Å². The van der Waals surface area contributed by atoms with E-state index >= 15 is 0 Å². The molecule has 0 radical (unpaired) electrons. The second-order valence-electron chi connectivity index (χ2n) is 5.23. The zero-order chi connectivity index (χ0) is 14.4. The van der Waals surface area contributed by atoms with Gasteiger partial charge >= 0.3 is 0 Å². The highest BCUT2D eigenvalue weighted by Crippen LogP contribution is 2.12. The van der Waals surface area contributed by atoms with Gasteiger partial charge in [0.25, 0.3) is 0 Å². The third-order valence-corrected chi connectivity index (χ3v) is 3.72. The summed E-state index contributed by atoms with van der Waals surface area (Å²) in [6, 6.07) is 6.62. The Kier molecular flexibility index (Phi) is 5.38. The first-order valence-corrected chi connectivity index (χ1v) is 7.25. The highest BCUT2D eigenvalue weighted by molar-refractivity contribution is 5.03. The van der Waals surface area contributed by atoms with Gasteiger partial charge < -0.3 is 4.42 Å². The molecule has 0 saturated heterocycles. The van der Waals surface area contributed by atoms with Gasteiger partial charge in [-0.05, 0) is 38.0 Å². The van der Waals surface area contributed by atoms with E-state index in [2.05, 4.69) is 30.4 Å². The number of aryl methyl sites for hydroxylation is 1. The maximum Gasteiger partial charge on any atom is 0.103 e. The van der Waals surface area contributed by atoms with Gasteiger partial charge in [-0.3, -0.25) is 16.0 Å². The molecule has 0 aromatic carbocycles. The Balaban J connectivity index is 1.87. The molecular weight excluding hydrogens is 252 g/mol.